The molecule has 0 saturated carbocycles. The van der Waals surface area contributed by atoms with Gasteiger partial charge in [0.05, 0.1) is 11.7 Å². The van der Waals surface area contributed by atoms with Crippen LogP contribution in [0.15, 0.2) is 20.8 Å². The number of hydrogen-bond donors (Lipinski definition) is 0. The second kappa shape index (κ2) is 6.89. The maximum absolute atomic E-state index is 12.8. The van der Waals surface area contributed by atoms with Gasteiger partial charge in [0, 0.05) is 17.2 Å². The second-order valence-corrected chi connectivity index (χ2v) is 8.46. The zero-order valence-corrected chi connectivity index (χ0v) is 15.8. The molecule has 0 spiro atoms. The van der Waals surface area contributed by atoms with Gasteiger partial charge in [-0.2, -0.15) is 0 Å². The zero-order chi connectivity index (χ0) is 17.4. The van der Waals surface area contributed by atoms with Gasteiger partial charge in [-0.3, -0.25) is 9.36 Å². The van der Waals surface area contributed by atoms with E-state index in [-0.39, 0.29) is 12.1 Å². The number of aryl methyl sites for hydroxylation is 2. The standard InChI is InChI=1S/C16H19N5O2S2/c1-20(2)6-7-24-16-19-18-12(23-16)8-21-9-17-14-13(15(21)22)10-4-3-5-11(10)25-14/h9H,3-8H2,1-2H3. The Labute approximate surface area is 153 Å². The van der Waals surface area contributed by atoms with E-state index in [0.717, 1.165) is 41.8 Å². The van der Waals surface area contributed by atoms with Crippen LogP contribution in [0.5, 0.6) is 0 Å². The van der Waals surface area contributed by atoms with Gasteiger partial charge in [-0.15, -0.1) is 21.5 Å². The minimum absolute atomic E-state index is 0.00980. The second-order valence-electron chi connectivity index (χ2n) is 6.33. The Balaban J connectivity index is 1.54. The number of thiophene rings is 1. The molecule has 0 aromatic carbocycles. The van der Waals surface area contributed by atoms with Crippen molar-refractivity contribution in [2.45, 2.75) is 31.0 Å². The maximum Gasteiger partial charge on any atom is 0.276 e. The summed E-state index contributed by atoms with van der Waals surface area (Å²) in [4.78, 5) is 21.6. The predicted molar refractivity (Wildman–Crippen MR) is 98.6 cm³/mol. The highest BCUT2D eigenvalue weighted by molar-refractivity contribution is 7.99. The van der Waals surface area contributed by atoms with Crippen LogP contribution in [0.25, 0.3) is 10.2 Å². The van der Waals surface area contributed by atoms with Crippen molar-refractivity contribution in [3.63, 3.8) is 0 Å². The predicted octanol–water partition coefficient (Wildman–Crippen LogP) is 2.03. The van der Waals surface area contributed by atoms with Gasteiger partial charge in [0.25, 0.3) is 10.8 Å². The topological polar surface area (TPSA) is 77.1 Å². The normalized spacial score (nSPS) is 13.9. The van der Waals surface area contributed by atoms with Crippen LogP contribution >= 0.6 is 23.1 Å². The van der Waals surface area contributed by atoms with Gasteiger partial charge < -0.3 is 9.32 Å². The fourth-order valence-electron chi connectivity index (χ4n) is 2.95. The number of fused-ring (bicyclic) bond motifs is 3. The van der Waals surface area contributed by atoms with Crippen LogP contribution in [0.3, 0.4) is 0 Å². The maximum atomic E-state index is 12.8. The van der Waals surface area contributed by atoms with E-state index in [9.17, 15) is 4.79 Å². The van der Waals surface area contributed by atoms with Crippen LogP contribution in [0.4, 0.5) is 0 Å². The third-order valence-electron chi connectivity index (χ3n) is 4.21. The average Bonchev–Trinajstić information content (AvgIpc) is 3.25. The molecule has 0 N–H and O–H groups in total. The molecule has 1 aliphatic rings. The van der Waals surface area contributed by atoms with E-state index in [1.165, 1.54) is 22.2 Å². The summed E-state index contributed by atoms with van der Waals surface area (Å²) >= 11 is 3.17. The quantitative estimate of drug-likeness (QED) is 0.608. The summed E-state index contributed by atoms with van der Waals surface area (Å²) in [6.45, 7) is 1.19. The van der Waals surface area contributed by atoms with Crippen LogP contribution in [0, 0.1) is 0 Å². The highest BCUT2D eigenvalue weighted by Crippen LogP contribution is 2.34. The molecule has 3 aromatic rings. The Morgan fingerprint density at radius 2 is 2.24 bits per heavy atom. The van der Waals surface area contributed by atoms with Crippen molar-refractivity contribution in [3.05, 3.63) is 33.0 Å². The molecule has 4 rings (SSSR count). The van der Waals surface area contributed by atoms with Gasteiger partial charge in [-0.05, 0) is 38.9 Å². The van der Waals surface area contributed by atoms with E-state index in [1.54, 1.807) is 22.2 Å². The van der Waals surface area contributed by atoms with Crippen molar-refractivity contribution in [3.8, 4) is 0 Å². The molecule has 9 heteroatoms. The lowest BCUT2D eigenvalue weighted by molar-refractivity contribution is 0.400. The smallest absolute Gasteiger partial charge is 0.276 e. The Bertz CT molecular complexity index is 959. The summed E-state index contributed by atoms with van der Waals surface area (Å²) < 4.78 is 7.21. The molecule has 0 atom stereocenters. The molecule has 0 radical (unpaired) electrons. The van der Waals surface area contributed by atoms with E-state index < -0.39 is 0 Å². The molecular weight excluding hydrogens is 358 g/mol. The highest BCUT2D eigenvalue weighted by Gasteiger charge is 2.21. The van der Waals surface area contributed by atoms with E-state index in [2.05, 4.69) is 20.1 Å². The zero-order valence-electron chi connectivity index (χ0n) is 14.2. The lowest BCUT2D eigenvalue weighted by atomic mass is 10.2. The van der Waals surface area contributed by atoms with Crippen LogP contribution in [-0.2, 0) is 19.4 Å². The van der Waals surface area contributed by atoms with E-state index in [1.807, 2.05) is 14.1 Å². The van der Waals surface area contributed by atoms with Gasteiger partial charge in [0.15, 0.2) is 0 Å². The largest absolute Gasteiger partial charge is 0.414 e. The summed E-state index contributed by atoms with van der Waals surface area (Å²) in [6.07, 6.45) is 4.75. The molecule has 25 heavy (non-hydrogen) atoms. The summed E-state index contributed by atoms with van der Waals surface area (Å²) in [6, 6.07) is 0. The molecule has 3 heterocycles. The fourth-order valence-corrected chi connectivity index (χ4v) is 5.06. The Kier molecular flexibility index (Phi) is 4.61. The molecule has 0 fully saturated rings. The highest BCUT2D eigenvalue weighted by atomic mass is 32.2. The SMILES string of the molecule is CN(C)CCSc1nnc(Cn2cnc3sc4c(c3c2=O)CCC4)o1. The summed E-state index contributed by atoms with van der Waals surface area (Å²) in [5.41, 5.74) is 1.18. The number of nitrogens with zero attached hydrogens (tertiary/aromatic N) is 5. The van der Waals surface area contributed by atoms with Crippen molar-refractivity contribution in [1.82, 2.24) is 24.6 Å². The van der Waals surface area contributed by atoms with Crippen LogP contribution < -0.4 is 5.56 Å². The van der Waals surface area contributed by atoms with Gasteiger partial charge in [-0.1, -0.05) is 11.8 Å². The monoisotopic (exact) mass is 377 g/mol. The average molecular weight is 377 g/mol. The fraction of sp³-hybridized carbons (Fsp3) is 0.500. The number of rotatable bonds is 6. The van der Waals surface area contributed by atoms with E-state index >= 15 is 0 Å². The van der Waals surface area contributed by atoms with Crippen molar-refractivity contribution in [1.29, 1.82) is 0 Å². The first-order valence-corrected chi connectivity index (χ1v) is 10.0. The van der Waals surface area contributed by atoms with Crippen molar-refractivity contribution >= 4 is 33.3 Å². The molecule has 132 valence electrons. The molecule has 0 bridgehead atoms. The lowest BCUT2D eigenvalue weighted by Crippen LogP contribution is -2.21. The minimum atomic E-state index is -0.00980. The summed E-state index contributed by atoms with van der Waals surface area (Å²) in [5, 5.41) is 9.41. The first-order valence-electron chi connectivity index (χ1n) is 8.21. The molecule has 7 nitrogen and oxygen atoms in total. The van der Waals surface area contributed by atoms with Crippen molar-refractivity contribution in [2.75, 3.05) is 26.4 Å². The number of thioether (sulfide) groups is 1. The van der Waals surface area contributed by atoms with Gasteiger partial charge in [0.1, 0.15) is 11.4 Å². The molecule has 3 aromatic heterocycles. The van der Waals surface area contributed by atoms with Gasteiger partial charge in [-0.25, -0.2) is 4.98 Å². The minimum Gasteiger partial charge on any atom is -0.414 e. The van der Waals surface area contributed by atoms with Crippen LogP contribution in [0.2, 0.25) is 0 Å². The Morgan fingerprint density at radius 1 is 1.36 bits per heavy atom. The van der Waals surface area contributed by atoms with Crippen LogP contribution in [0.1, 0.15) is 22.8 Å². The molecule has 1 aliphatic carbocycles. The molecule has 0 saturated heterocycles. The first kappa shape index (κ1) is 16.7. The van der Waals surface area contributed by atoms with Crippen molar-refractivity contribution in [2.24, 2.45) is 0 Å². The van der Waals surface area contributed by atoms with Crippen LogP contribution in [-0.4, -0.2) is 51.0 Å². The third kappa shape index (κ3) is 3.36. The summed E-state index contributed by atoms with van der Waals surface area (Å²) in [7, 11) is 4.05. The number of aromatic nitrogens is 4. The Hall–Kier alpha value is -1.71. The first-order chi connectivity index (χ1) is 12.1. The van der Waals surface area contributed by atoms with Gasteiger partial charge >= 0.3 is 0 Å². The van der Waals surface area contributed by atoms with Crippen molar-refractivity contribution < 1.29 is 4.42 Å². The molecule has 0 amide bonds. The summed E-state index contributed by atoms with van der Waals surface area (Å²) in [5.74, 6) is 1.31. The Morgan fingerprint density at radius 3 is 3.08 bits per heavy atom. The third-order valence-corrected chi connectivity index (χ3v) is 6.21. The van der Waals surface area contributed by atoms with E-state index in [4.69, 9.17) is 4.42 Å². The lowest BCUT2D eigenvalue weighted by Gasteiger charge is -2.06. The number of hydrogen-bond acceptors (Lipinski definition) is 8. The molecule has 0 aliphatic heterocycles. The molecule has 0 unspecified atom stereocenters. The van der Waals surface area contributed by atoms with E-state index in [0.29, 0.717) is 11.1 Å². The molecular formula is C16H19N5O2S2. The van der Waals surface area contributed by atoms with Gasteiger partial charge in [0.2, 0.25) is 5.89 Å².